The van der Waals surface area contributed by atoms with Crippen LogP contribution in [0.2, 0.25) is 0 Å². The van der Waals surface area contributed by atoms with E-state index < -0.39 is 0 Å². The van der Waals surface area contributed by atoms with Gasteiger partial charge in [0.15, 0.2) is 11.7 Å². The van der Waals surface area contributed by atoms with Crippen molar-refractivity contribution in [3.05, 3.63) is 70.4 Å². The fraction of sp³-hybridized carbons (Fsp3) is 0.0952. The van der Waals surface area contributed by atoms with Crippen molar-refractivity contribution in [3.63, 3.8) is 0 Å². The molecule has 4 rings (SSSR count). The highest BCUT2D eigenvalue weighted by Crippen LogP contribution is 2.29. The van der Waals surface area contributed by atoms with E-state index in [0.29, 0.717) is 21.4 Å². The molecular formula is C21H17N3O3S2. The van der Waals surface area contributed by atoms with Gasteiger partial charge >= 0.3 is 0 Å². The summed E-state index contributed by atoms with van der Waals surface area (Å²) in [4.78, 5) is 30.6. The fourth-order valence-corrected chi connectivity index (χ4v) is 4.30. The summed E-state index contributed by atoms with van der Waals surface area (Å²) in [5.41, 5.74) is 1.40. The van der Waals surface area contributed by atoms with Gasteiger partial charge in [-0.1, -0.05) is 29.5 Å². The molecule has 0 aliphatic heterocycles. The average Bonchev–Trinajstić information content (AvgIpc) is 3.32. The van der Waals surface area contributed by atoms with Crippen molar-refractivity contribution in [1.82, 2.24) is 4.98 Å². The van der Waals surface area contributed by atoms with Crippen LogP contribution in [0.4, 0.5) is 10.8 Å². The van der Waals surface area contributed by atoms with Crippen molar-refractivity contribution < 1.29 is 14.3 Å². The minimum atomic E-state index is -0.251. The molecule has 8 heteroatoms. The van der Waals surface area contributed by atoms with Crippen molar-refractivity contribution in [1.29, 1.82) is 0 Å². The molecule has 0 saturated carbocycles. The van der Waals surface area contributed by atoms with E-state index in [1.54, 1.807) is 24.3 Å². The molecule has 0 bridgehead atoms. The van der Waals surface area contributed by atoms with Crippen LogP contribution in [0.1, 0.15) is 14.5 Å². The van der Waals surface area contributed by atoms with Crippen LogP contribution in [-0.2, 0) is 4.79 Å². The number of thiazole rings is 1. The Balaban J connectivity index is 1.40. The summed E-state index contributed by atoms with van der Waals surface area (Å²) in [6.45, 7) is 1.88. The Hall–Kier alpha value is -3.23. The summed E-state index contributed by atoms with van der Waals surface area (Å²) in [5.74, 6) is 0.218. The molecule has 0 spiro atoms. The highest BCUT2D eigenvalue weighted by molar-refractivity contribution is 7.22. The van der Waals surface area contributed by atoms with E-state index in [-0.39, 0.29) is 18.4 Å². The molecule has 6 nitrogen and oxygen atoms in total. The minimum Gasteiger partial charge on any atom is -0.484 e. The molecule has 0 atom stereocenters. The summed E-state index contributed by atoms with van der Waals surface area (Å²) in [6.07, 6.45) is 0. The third-order valence-electron chi connectivity index (χ3n) is 3.97. The highest BCUT2D eigenvalue weighted by atomic mass is 32.1. The van der Waals surface area contributed by atoms with Crippen molar-refractivity contribution in [2.45, 2.75) is 6.92 Å². The van der Waals surface area contributed by atoms with Crippen molar-refractivity contribution in [2.24, 2.45) is 0 Å². The number of anilines is 2. The Morgan fingerprint density at radius 3 is 2.59 bits per heavy atom. The Bertz CT molecular complexity index is 1170. The molecule has 0 radical (unpaired) electrons. The number of nitrogens with one attached hydrogen (secondary N) is 2. The van der Waals surface area contributed by atoms with Gasteiger partial charge in [0.2, 0.25) is 0 Å². The number of carbonyl (C=O) groups excluding carboxylic acids is 2. The number of aromatic nitrogens is 1. The van der Waals surface area contributed by atoms with Crippen LogP contribution in [-0.4, -0.2) is 23.4 Å². The van der Waals surface area contributed by atoms with Crippen LogP contribution in [0, 0.1) is 6.92 Å². The predicted octanol–water partition coefficient (Wildman–Crippen LogP) is 4.94. The lowest BCUT2D eigenvalue weighted by Crippen LogP contribution is -2.20. The maximum absolute atomic E-state index is 12.3. The normalized spacial score (nSPS) is 10.7. The van der Waals surface area contributed by atoms with E-state index in [2.05, 4.69) is 15.6 Å². The van der Waals surface area contributed by atoms with Gasteiger partial charge in [-0.05, 0) is 49.4 Å². The van der Waals surface area contributed by atoms with E-state index >= 15 is 0 Å². The number of rotatable bonds is 6. The molecule has 146 valence electrons. The second-order valence-corrected chi connectivity index (χ2v) is 8.53. The maximum Gasteiger partial charge on any atom is 0.267 e. The van der Waals surface area contributed by atoms with Gasteiger partial charge in [0.25, 0.3) is 11.8 Å². The van der Waals surface area contributed by atoms with E-state index in [9.17, 15) is 9.59 Å². The zero-order chi connectivity index (χ0) is 20.2. The molecule has 2 heterocycles. The highest BCUT2D eigenvalue weighted by Gasteiger charge is 2.12. The Kier molecular flexibility index (Phi) is 5.55. The molecule has 0 unspecified atom stereocenters. The molecule has 2 aromatic heterocycles. The largest absolute Gasteiger partial charge is 0.484 e. The molecule has 0 fully saturated rings. The lowest BCUT2D eigenvalue weighted by molar-refractivity contribution is -0.118. The maximum atomic E-state index is 12.3. The molecule has 29 heavy (non-hydrogen) atoms. The standard InChI is InChI=1S/C21H17N3O3S2/c1-13-7-10-17(28-13)20(26)24-21-23-16-9-8-14(11-18(16)29-21)22-19(25)12-27-15-5-3-2-4-6-15/h2-11H,12H2,1H3,(H,22,25)(H,23,24,26). The quantitative estimate of drug-likeness (QED) is 0.460. The molecule has 2 N–H and O–H groups in total. The fourth-order valence-electron chi connectivity index (χ4n) is 2.63. The number of ether oxygens (including phenoxy) is 1. The second kappa shape index (κ2) is 8.42. The number of amides is 2. The average molecular weight is 424 g/mol. The Morgan fingerprint density at radius 1 is 1.00 bits per heavy atom. The predicted molar refractivity (Wildman–Crippen MR) is 117 cm³/mol. The van der Waals surface area contributed by atoms with Gasteiger partial charge in [-0.25, -0.2) is 4.98 Å². The van der Waals surface area contributed by atoms with Crippen LogP contribution in [0.15, 0.2) is 60.7 Å². The number of thiophene rings is 1. The van der Waals surface area contributed by atoms with Gasteiger partial charge in [-0.3, -0.25) is 14.9 Å². The summed E-state index contributed by atoms with van der Waals surface area (Å²) in [5, 5.41) is 6.16. The number of para-hydroxylation sites is 1. The number of aryl methyl sites for hydroxylation is 1. The number of hydrogen-bond acceptors (Lipinski definition) is 6. The lowest BCUT2D eigenvalue weighted by Gasteiger charge is -2.07. The van der Waals surface area contributed by atoms with Gasteiger partial charge < -0.3 is 10.1 Å². The molecule has 2 amide bonds. The number of hydrogen-bond donors (Lipinski definition) is 2. The van der Waals surface area contributed by atoms with Crippen LogP contribution in [0.5, 0.6) is 5.75 Å². The first-order valence-electron chi connectivity index (χ1n) is 8.83. The third-order valence-corrected chi connectivity index (χ3v) is 5.90. The number of carbonyl (C=O) groups is 2. The van der Waals surface area contributed by atoms with Crippen LogP contribution in [0.25, 0.3) is 10.2 Å². The third kappa shape index (κ3) is 4.79. The van der Waals surface area contributed by atoms with E-state index in [1.165, 1.54) is 22.7 Å². The van der Waals surface area contributed by atoms with Crippen LogP contribution >= 0.6 is 22.7 Å². The van der Waals surface area contributed by atoms with Gasteiger partial charge in [0.05, 0.1) is 15.1 Å². The number of nitrogens with zero attached hydrogens (tertiary/aromatic N) is 1. The van der Waals surface area contributed by atoms with Gasteiger partial charge in [-0.15, -0.1) is 11.3 Å². The van der Waals surface area contributed by atoms with E-state index in [4.69, 9.17) is 4.74 Å². The molecule has 0 saturated heterocycles. The van der Waals surface area contributed by atoms with Gasteiger partial charge in [0, 0.05) is 10.6 Å². The SMILES string of the molecule is Cc1ccc(C(=O)Nc2nc3ccc(NC(=O)COc4ccccc4)cc3s2)s1. The molecule has 0 aliphatic carbocycles. The summed E-state index contributed by atoms with van der Waals surface area (Å²) in [6, 6.07) is 18.3. The second-order valence-electron chi connectivity index (χ2n) is 6.22. The smallest absolute Gasteiger partial charge is 0.267 e. The van der Waals surface area contributed by atoms with Crippen LogP contribution in [0.3, 0.4) is 0 Å². The summed E-state index contributed by atoms with van der Waals surface area (Å²) >= 11 is 2.80. The molecule has 2 aromatic carbocycles. The molecular weight excluding hydrogens is 406 g/mol. The first-order chi connectivity index (χ1) is 14.1. The molecule has 0 aliphatic rings. The van der Waals surface area contributed by atoms with Gasteiger partial charge in [0.1, 0.15) is 5.75 Å². The lowest BCUT2D eigenvalue weighted by atomic mass is 10.3. The minimum absolute atomic E-state index is 0.0771. The summed E-state index contributed by atoms with van der Waals surface area (Å²) in [7, 11) is 0. The number of fused-ring (bicyclic) bond motifs is 1. The van der Waals surface area contributed by atoms with E-state index in [1.807, 2.05) is 43.3 Å². The van der Waals surface area contributed by atoms with Crippen molar-refractivity contribution >= 4 is 55.5 Å². The Labute approximate surface area is 175 Å². The number of benzene rings is 2. The van der Waals surface area contributed by atoms with Crippen molar-refractivity contribution in [2.75, 3.05) is 17.2 Å². The first-order valence-corrected chi connectivity index (χ1v) is 10.5. The topological polar surface area (TPSA) is 80.3 Å². The van der Waals surface area contributed by atoms with Crippen LogP contribution < -0.4 is 15.4 Å². The first kappa shape index (κ1) is 19.1. The molecule has 4 aromatic rings. The van der Waals surface area contributed by atoms with Crippen molar-refractivity contribution in [3.8, 4) is 5.75 Å². The Morgan fingerprint density at radius 2 is 1.83 bits per heavy atom. The zero-order valence-corrected chi connectivity index (χ0v) is 17.1. The summed E-state index contributed by atoms with van der Waals surface area (Å²) < 4.78 is 6.32. The van der Waals surface area contributed by atoms with Gasteiger partial charge in [-0.2, -0.15) is 0 Å². The zero-order valence-electron chi connectivity index (χ0n) is 15.5. The monoisotopic (exact) mass is 423 g/mol. The van der Waals surface area contributed by atoms with E-state index in [0.717, 1.165) is 15.1 Å².